The molecule has 0 aliphatic heterocycles. The summed E-state index contributed by atoms with van der Waals surface area (Å²) in [6, 6.07) is 8.34. The zero-order chi connectivity index (χ0) is 10.5. The monoisotopic (exact) mass is 203 g/mol. The van der Waals surface area contributed by atoms with E-state index in [1.54, 1.807) is 0 Å². The van der Waals surface area contributed by atoms with Gasteiger partial charge in [0.15, 0.2) is 0 Å². The summed E-state index contributed by atoms with van der Waals surface area (Å²) in [5.41, 5.74) is 1.24. The van der Waals surface area contributed by atoms with Crippen LogP contribution in [-0.4, -0.2) is 23.4 Å². The Kier molecular flexibility index (Phi) is 3.35. The molecule has 3 nitrogen and oxygen atoms in total. The summed E-state index contributed by atoms with van der Waals surface area (Å²) in [4.78, 5) is 0. The van der Waals surface area contributed by atoms with Gasteiger partial charge < -0.3 is 5.32 Å². The number of aromatic nitrogens is 2. The third-order valence-corrected chi connectivity index (χ3v) is 2.60. The molecule has 0 radical (unpaired) electrons. The van der Waals surface area contributed by atoms with E-state index in [-0.39, 0.29) is 0 Å². The van der Waals surface area contributed by atoms with Gasteiger partial charge in [-0.05, 0) is 32.5 Å². The van der Waals surface area contributed by atoms with Gasteiger partial charge in [-0.2, -0.15) is 5.10 Å². The van der Waals surface area contributed by atoms with Crippen LogP contribution in [0.5, 0.6) is 0 Å². The lowest BCUT2D eigenvalue weighted by Crippen LogP contribution is -2.09. The third kappa shape index (κ3) is 2.36. The Labute approximate surface area is 90.1 Å². The van der Waals surface area contributed by atoms with Crippen molar-refractivity contribution in [3.63, 3.8) is 0 Å². The van der Waals surface area contributed by atoms with Gasteiger partial charge >= 0.3 is 0 Å². The number of fused-ring (bicyclic) bond motifs is 1. The summed E-state index contributed by atoms with van der Waals surface area (Å²) >= 11 is 0. The Morgan fingerprint density at radius 1 is 1.27 bits per heavy atom. The number of aryl methyl sites for hydroxylation is 1. The molecule has 0 aliphatic rings. The maximum Gasteiger partial charge on any atom is 0.0682 e. The van der Waals surface area contributed by atoms with E-state index in [0.29, 0.717) is 0 Å². The molecule has 15 heavy (non-hydrogen) atoms. The fraction of sp³-hybridized carbons (Fsp3) is 0.417. The maximum absolute atomic E-state index is 4.39. The minimum atomic E-state index is 1.01. The Morgan fingerprint density at radius 2 is 2.13 bits per heavy atom. The fourth-order valence-corrected chi connectivity index (χ4v) is 1.77. The summed E-state index contributed by atoms with van der Waals surface area (Å²) in [6.45, 7) is 2.09. The van der Waals surface area contributed by atoms with Crippen LogP contribution in [0.2, 0.25) is 0 Å². The van der Waals surface area contributed by atoms with Crippen LogP contribution in [-0.2, 0) is 6.54 Å². The van der Waals surface area contributed by atoms with Crippen molar-refractivity contribution in [2.24, 2.45) is 0 Å². The number of unbranched alkanes of at least 4 members (excludes halogenated alkanes) is 1. The van der Waals surface area contributed by atoms with Crippen molar-refractivity contribution in [3.8, 4) is 0 Å². The van der Waals surface area contributed by atoms with E-state index in [1.165, 1.54) is 23.7 Å². The van der Waals surface area contributed by atoms with E-state index in [2.05, 4.69) is 39.4 Å². The zero-order valence-corrected chi connectivity index (χ0v) is 9.11. The summed E-state index contributed by atoms with van der Waals surface area (Å²) < 4.78 is 2.09. The Morgan fingerprint density at radius 3 is 3.00 bits per heavy atom. The lowest BCUT2D eigenvalue weighted by molar-refractivity contribution is 0.560. The van der Waals surface area contributed by atoms with Crippen molar-refractivity contribution in [1.29, 1.82) is 0 Å². The molecule has 80 valence electrons. The first-order chi connectivity index (χ1) is 7.42. The average molecular weight is 203 g/mol. The second-order valence-corrected chi connectivity index (χ2v) is 3.74. The van der Waals surface area contributed by atoms with Gasteiger partial charge in [-0.3, -0.25) is 4.68 Å². The van der Waals surface area contributed by atoms with Gasteiger partial charge in [0, 0.05) is 11.9 Å². The van der Waals surface area contributed by atoms with Crippen molar-refractivity contribution in [2.75, 3.05) is 13.6 Å². The smallest absolute Gasteiger partial charge is 0.0682 e. The minimum Gasteiger partial charge on any atom is -0.320 e. The van der Waals surface area contributed by atoms with E-state index in [0.717, 1.165) is 13.1 Å². The van der Waals surface area contributed by atoms with E-state index < -0.39 is 0 Å². The highest BCUT2D eigenvalue weighted by Crippen LogP contribution is 2.12. The lowest BCUT2D eigenvalue weighted by Gasteiger charge is -2.03. The van der Waals surface area contributed by atoms with Crippen LogP contribution < -0.4 is 5.32 Å². The SMILES string of the molecule is CNCCCCn1ncc2ccccc21. The normalized spacial score (nSPS) is 11.0. The van der Waals surface area contributed by atoms with Gasteiger partial charge in [0.25, 0.3) is 0 Å². The van der Waals surface area contributed by atoms with Gasteiger partial charge in [0.2, 0.25) is 0 Å². The van der Waals surface area contributed by atoms with Gasteiger partial charge in [-0.1, -0.05) is 18.2 Å². The number of nitrogens with zero attached hydrogens (tertiary/aromatic N) is 2. The summed E-state index contributed by atoms with van der Waals surface area (Å²) in [5, 5.41) is 8.77. The first kappa shape index (κ1) is 10.2. The first-order valence-electron chi connectivity index (χ1n) is 5.47. The van der Waals surface area contributed by atoms with Crippen molar-refractivity contribution in [3.05, 3.63) is 30.5 Å². The third-order valence-electron chi connectivity index (χ3n) is 2.60. The van der Waals surface area contributed by atoms with Crippen LogP contribution >= 0.6 is 0 Å². The standard InChI is InChI=1S/C12H17N3/c1-13-8-4-5-9-15-12-7-3-2-6-11(12)10-14-15/h2-3,6-7,10,13H,4-5,8-9H2,1H3. The summed E-state index contributed by atoms with van der Waals surface area (Å²) in [6.07, 6.45) is 4.31. The van der Waals surface area contributed by atoms with Crippen molar-refractivity contribution in [2.45, 2.75) is 19.4 Å². The van der Waals surface area contributed by atoms with Crippen molar-refractivity contribution < 1.29 is 0 Å². The largest absolute Gasteiger partial charge is 0.320 e. The van der Waals surface area contributed by atoms with E-state index >= 15 is 0 Å². The van der Waals surface area contributed by atoms with Gasteiger partial charge in [0.1, 0.15) is 0 Å². The highest BCUT2D eigenvalue weighted by atomic mass is 15.3. The van der Waals surface area contributed by atoms with E-state index in [1.807, 2.05) is 13.2 Å². The van der Waals surface area contributed by atoms with Crippen LogP contribution in [0.15, 0.2) is 30.5 Å². The quantitative estimate of drug-likeness (QED) is 0.754. The van der Waals surface area contributed by atoms with E-state index in [4.69, 9.17) is 0 Å². The molecule has 0 fully saturated rings. The average Bonchev–Trinajstić information content (AvgIpc) is 2.68. The summed E-state index contributed by atoms with van der Waals surface area (Å²) in [5.74, 6) is 0. The van der Waals surface area contributed by atoms with Gasteiger partial charge in [-0.25, -0.2) is 0 Å². The predicted molar refractivity (Wildman–Crippen MR) is 62.9 cm³/mol. The van der Waals surface area contributed by atoms with Crippen LogP contribution in [0.1, 0.15) is 12.8 Å². The minimum absolute atomic E-state index is 1.01. The Bertz CT molecular complexity index is 419. The topological polar surface area (TPSA) is 29.9 Å². The molecule has 2 aromatic rings. The van der Waals surface area contributed by atoms with E-state index in [9.17, 15) is 0 Å². The molecular formula is C12H17N3. The molecular weight excluding hydrogens is 186 g/mol. The van der Waals surface area contributed by atoms with Crippen molar-refractivity contribution >= 4 is 10.9 Å². The number of para-hydroxylation sites is 1. The molecule has 0 unspecified atom stereocenters. The van der Waals surface area contributed by atoms with Gasteiger partial charge in [0.05, 0.1) is 11.7 Å². The number of hydrogen-bond donors (Lipinski definition) is 1. The molecule has 0 saturated heterocycles. The maximum atomic E-state index is 4.39. The number of benzene rings is 1. The van der Waals surface area contributed by atoms with Crippen LogP contribution in [0, 0.1) is 0 Å². The first-order valence-corrected chi connectivity index (χ1v) is 5.47. The Hall–Kier alpha value is -1.35. The van der Waals surface area contributed by atoms with Gasteiger partial charge in [-0.15, -0.1) is 0 Å². The molecule has 0 spiro atoms. The predicted octanol–water partition coefficient (Wildman–Crippen LogP) is 2.04. The molecule has 1 N–H and O–H groups in total. The second kappa shape index (κ2) is 4.94. The van der Waals surface area contributed by atoms with Crippen LogP contribution in [0.25, 0.3) is 10.9 Å². The molecule has 0 amide bonds. The molecule has 0 aliphatic carbocycles. The fourth-order valence-electron chi connectivity index (χ4n) is 1.77. The van der Waals surface area contributed by atoms with Crippen LogP contribution in [0.4, 0.5) is 0 Å². The lowest BCUT2D eigenvalue weighted by atomic mass is 10.2. The molecule has 1 aromatic carbocycles. The molecule has 0 atom stereocenters. The van der Waals surface area contributed by atoms with Crippen molar-refractivity contribution in [1.82, 2.24) is 15.1 Å². The molecule has 0 saturated carbocycles. The van der Waals surface area contributed by atoms with Crippen LogP contribution in [0.3, 0.4) is 0 Å². The second-order valence-electron chi connectivity index (χ2n) is 3.74. The molecule has 1 heterocycles. The molecule has 3 heteroatoms. The number of rotatable bonds is 5. The Balaban J connectivity index is 2.02. The number of hydrogen-bond acceptors (Lipinski definition) is 2. The number of nitrogens with one attached hydrogen (secondary N) is 1. The highest BCUT2D eigenvalue weighted by molar-refractivity contribution is 5.78. The molecule has 1 aromatic heterocycles. The highest BCUT2D eigenvalue weighted by Gasteiger charge is 2.00. The zero-order valence-electron chi connectivity index (χ0n) is 9.11. The summed E-state index contributed by atoms with van der Waals surface area (Å²) in [7, 11) is 1.99. The molecule has 0 bridgehead atoms. The molecule has 2 rings (SSSR count).